The molecule has 0 aliphatic heterocycles. The third-order valence-electron chi connectivity index (χ3n) is 3.69. The molecule has 0 aromatic carbocycles. The summed E-state index contributed by atoms with van der Waals surface area (Å²) >= 11 is 3.70. The molecule has 0 aliphatic rings. The SMILES string of the molecule is CCCC(OCC)C(Cc1c(Br)c(CC)nn1C)NC. The zero-order valence-corrected chi connectivity index (χ0v) is 15.0. The van der Waals surface area contributed by atoms with Gasteiger partial charge in [0, 0.05) is 26.1 Å². The van der Waals surface area contributed by atoms with Gasteiger partial charge in [0.15, 0.2) is 0 Å². The minimum Gasteiger partial charge on any atom is -0.377 e. The average molecular weight is 346 g/mol. The Hall–Kier alpha value is -0.390. The standard InChI is InChI=1S/C15H28BrN3O/c1-6-9-14(20-8-3)12(17-4)10-13-15(16)11(7-2)18-19(13)5/h12,14,17H,6-10H2,1-5H3. The van der Waals surface area contributed by atoms with Gasteiger partial charge in [-0.3, -0.25) is 4.68 Å². The van der Waals surface area contributed by atoms with Crippen molar-refractivity contribution in [3.8, 4) is 0 Å². The molecule has 1 heterocycles. The molecule has 1 rings (SSSR count). The van der Waals surface area contributed by atoms with Gasteiger partial charge in [-0.2, -0.15) is 5.10 Å². The van der Waals surface area contributed by atoms with Crippen molar-refractivity contribution in [2.45, 2.75) is 58.6 Å². The predicted octanol–water partition coefficient (Wildman–Crippen LogP) is 3.08. The highest BCUT2D eigenvalue weighted by atomic mass is 79.9. The third kappa shape index (κ3) is 4.30. The largest absolute Gasteiger partial charge is 0.377 e. The van der Waals surface area contributed by atoms with Gasteiger partial charge in [-0.05, 0) is 42.7 Å². The van der Waals surface area contributed by atoms with Crippen molar-refractivity contribution in [1.82, 2.24) is 15.1 Å². The number of nitrogens with zero attached hydrogens (tertiary/aromatic N) is 2. The number of halogens is 1. The third-order valence-corrected chi connectivity index (χ3v) is 4.61. The molecule has 1 aromatic heterocycles. The fourth-order valence-electron chi connectivity index (χ4n) is 2.57. The lowest BCUT2D eigenvalue weighted by Gasteiger charge is -2.26. The zero-order valence-electron chi connectivity index (χ0n) is 13.4. The molecule has 0 radical (unpaired) electrons. The Kier molecular flexibility index (Phi) is 7.77. The topological polar surface area (TPSA) is 39.1 Å². The maximum absolute atomic E-state index is 5.91. The first kappa shape index (κ1) is 17.7. The van der Waals surface area contributed by atoms with Crippen LogP contribution in [0.5, 0.6) is 0 Å². The summed E-state index contributed by atoms with van der Waals surface area (Å²) < 4.78 is 9.05. The zero-order chi connectivity index (χ0) is 15.1. The van der Waals surface area contributed by atoms with Crippen molar-refractivity contribution in [2.24, 2.45) is 7.05 Å². The van der Waals surface area contributed by atoms with Crippen molar-refractivity contribution in [2.75, 3.05) is 13.7 Å². The van der Waals surface area contributed by atoms with Crippen molar-refractivity contribution >= 4 is 15.9 Å². The van der Waals surface area contributed by atoms with Gasteiger partial charge >= 0.3 is 0 Å². The summed E-state index contributed by atoms with van der Waals surface area (Å²) in [6, 6.07) is 0.311. The van der Waals surface area contributed by atoms with Crippen LogP contribution in [0.3, 0.4) is 0 Å². The molecule has 116 valence electrons. The van der Waals surface area contributed by atoms with E-state index in [0.29, 0.717) is 6.04 Å². The van der Waals surface area contributed by atoms with Crippen molar-refractivity contribution in [1.29, 1.82) is 0 Å². The number of hydrogen-bond donors (Lipinski definition) is 1. The minimum atomic E-state index is 0.252. The lowest BCUT2D eigenvalue weighted by atomic mass is 10.0. The molecule has 0 amide bonds. The predicted molar refractivity (Wildman–Crippen MR) is 87.2 cm³/mol. The van der Waals surface area contributed by atoms with Crippen molar-refractivity contribution in [3.63, 3.8) is 0 Å². The first-order chi connectivity index (χ1) is 9.58. The second-order valence-corrected chi connectivity index (χ2v) is 5.86. The van der Waals surface area contributed by atoms with Crippen molar-refractivity contribution in [3.05, 3.63) is 15.9 Å². The number of nitrogens with one attached hydrogen (secondary N) is 1. The normalized spacial score (nSPS) is 14.5. The van der Waals surface area contributed by atoms with Crippen LogP contribution < -0.4 is 5.32 Å². The Morgan fingerprint density at radius 3 is 2.50 bits per heavy atom. The van der Waals surface area contributed by atoms with Crippen LogP contribution in [0.4, 0.5) is 0 Å². The van der Waals surface area contributed by atoms with E-state index >= 15 is 0 Å². The van der Waals surface area contributed by atoms with Crippen LogP contribution in [-0.2, 0) is 24.6 Å². The van der Waals surface area contributed by atoms with Gasteiger partial charge in [-0.25, -0.2) is 0 Å². The molecule has 20 heavy (non-hydrogen) atoms. The Morgan fingerprint density at radius 1 is 1.35 bits per heavy atom. The quantitative estimate of drug-likeness (QED) is 0.747. The Balaban J connectivity index is 2.89. The van der Waals surface area contributed by atoms with Gasteiger partial charge in [-0.15, -0.1) is 0 Å². The van der Waals surface area contributed by atoms with E-state index in [1.807, 2.05) is 18.8 Å². The first-order valence-electron chi connectivity index (χ1n) is 7.57. The molecule has 2 unspecified atom stereocenters. The Morgan fingerprint density at radius 2 is 2.05 bits per heavy atom. The molecular weight excluding hydrogens is 318 g/mol. The van der Waals surface area contributed by atoms with E-state index in [9.17, 15) is 0 Å². The lowest BCUT2D eigenvalue weighted by Crippen LogP contribution is -2.41. The van der Waals surface area contributed by atoms with Gasteiger partial charge in [0.1, 0.15) is 0 Å². The van der Waals surface area contributed by atoms with Gasteiger partial charge in [0.25, 0.3) is 0 Å². The van der Waals surface area contributed by atoms with Gasteiger partial charge in [0.2, 0.25) is 0 Å². The second-order valence-electron chi connectivity index (χ2n) is 5.07. The van der Waals surface area contributed by atoms with Crippen LogP contribution in [0, 0.1) is 0 Å². The summed E-state index contributed by atoms with van der Waals surface area (Å²) in [6.45, 7) is 7.15. The van der Waals surface area contributed by atoms with Gasteiger partial charge in [0.05, 0.1) is 22.0 Å². The number of aromatic nitrogens is 2. The molecule has 1 N–H and O–H groups in total. The van der Waals surface area contributed by atoms with Crippen LogP contribution in [0.2, 0.25) is 0 Å². The molecule has 0 fully saturated rings. The van der Waals surface area contributed by atoms with Crippen LogP contribution in [0.1, 0.15) is 45.0 Å². The molecule has 0 aliphatic carbocycles. The molecule has 1 aromatic rings. The minimum absolute atomic E-state index is 0.252. The van der Waals surface area contributed by atoms with Crippen LogP contribution in [0.15, 0.2) is 4.47 Å². The Labute approximate surface area is 131 Å². The molecular formula is C15H28BrN3O. The smallest absolute Gasteiger partial charge is 0.0766 e. The first-order valence-corrected chi connectivity index (χ1v) is 8.37. The van der Waals surface area contributed by atoms with Crippen LogP contribution in [0.25, 0.3) is 0 Å². The molecule has 5 heteroatoms. The summed E-state index contributed by atoms with van der Waals surface area (Å²) in [4.78, 5) is 0. The van der Waals surface area contributed by atoms with E-state index in [1.54, 1.807) is 0 Å². The van der Waals surface area contributed by atoms with E-state index in [1.165, 1.54) is 5.69 Å². The summed E-state index contributed by atoms with van der Waals surface area (Å²) in [5.74, 6) is 0. The Bertz CT molecular complexity index is 400. The molecule has 4 nitrogen and oxygen atoms in total. The summed E-state index contributed by atoms with van der Waals surface area (Å²) in [5.41, 5.74) is 2.36. The highest BCUT2D eigenvalue weighted by Crippen LogP contribution is 2.24. The fourth-order valence-corrected chi connectivity index (χ4v) is 3.35. The van der Waals surface area contributed by atoms with E-state index in [4.69, 9.17) is 4.74 Å². The second kappa shape index (κ2) is 8.80. The highest BCUT2D eigenvalue weighted by Gasteiger charge is 2.23. The number of likely N-dealkylation sites (N-methyl/N-ethyl adjacent to an activating group) is 1. The van der Waals surface area contributed by atoms with E-state index in [-0.39, 0.29) is 6.10 Å². The van der Waals surface area contributed by atoms with E-state index in [0.717, 1.165) is 42.5 Å². The molecule has 0 spiro atoms. The molecule has 0 bridgehead atoms. The van der Waals surface area contributed by atoms with E-state index in [2.05, 4.69) is 47.1 Å². The number of ether oxygens (including phenoxy) is 1. The van der Waals surface area contributed by atoms with Gasteiger partial charge < -0.3 is 10.1 Å². The molecule has 0 saturated heterocycles. The number of aryl methyl sites for hydroxylation is 2. The summed E-state index contributed by atoms with van der Waals surface area (Å²) in [6.07, 6.45) is 4.33. The summed E-state index contributed by atoms with van der Waals surface area (Å²) in [7, 11) is 4.03. The fraction of sp³-hybridized carbons (Fsp3) is 0.800. The number of hydrogen-bond acceptors (Lipinski definition) is 3. The highest BCUT2D eigenvalue weighted by molar-refractivity contribution is 9.10. The number of rotatable bonds is 9. The van der Waals surface area contributed by atoms with Crippen molar-refractivity contribution < 1.29 is 4.74 Å². The van der Waals surface area contributed by atoms with Crippen LogP contribution >= 0.6 is 15.9 Å². The monoisotopic (exact) mass is 345 g/mol. The maximum atomic E-state index is 5.91. The maximum Gasteiger partial charge on any atom is 0.0766 e. The van der Waals surface area contributed by atoms with E-state index < -0.39 is 0 Å². The van der Waals surface area contributed by atoms with Crippen LogP contribution in [-0.4, -0.2) is 35.6 Å². The van der Waals surface area contributed by atoms with Gasteiger partial charge in [-0.1, -0.05) is 20.3 Å². The molecule has 2 atom stereocenters. The lowest BCUT2D eigenvalue weighted by molar-refractivity contribution is 0.0296. The average Bonchev–Trinajstić information content (AvgIpc) is 2.71. The summed E-state index contributed by atoms with van der Waals surface area (Å²) in [5, 5.41) is 7.98. The molecule has 0 saturated carbocycles.